The maximum Gasteiger partial charge on any atom is 0.323 e. The molecule has 100 valence electrons. The van der Waals surface area contributed by atoms with E-state index >= 15 is 0 Å². The molecule has 0 fully saturated rings. The molecule has 1 atom stereocenters. The number of rotatable bonds is 7. The zero-order valence-electron chi connectivity index (χ0n) is 11.2. The summed E-state index contributed by atoms with van der Waals surface area (Å²) in [5, 5.41) is 9.30. The van der Waals surface area contributed by atoms with Gasteiger partial charge < -0.3 is 10.8 Å². The van der Waals surface area contributed by atoms with Crippen LogP contribution in [0.1, 0.15) is 38.7 Å². The molecule has 3 N–H and O–H groups in total. The lowest BCUT2D eigenvalue weighted by Crippen LogP contribution is -2.48. The second-order valence-electron chi connectivity index (χ2n) is 5.38. The third-order valence-corrected chi connectivity index (χ3v) is 3.30. The predicted octanol–water partition coefficient (Wildman–Crippen LogP) is 2.84. The average Bonchev–Trinajstić information content (AvgIpc) is 2.35. The van der Waals surface area contributed by atoms with Crippen LogP contribution in [0.3, 0.4) is 0 Å². The summed E-state index contributed by atoms with van der Waals surface area (Å²) in [5.74, 6) is -0.414. The van der Waals surface area contributed by atoms with Crippen molar-refractivity contribution in [2.75, 3.05) is 0 Å². The number of aliphatic carboxylic acids is 1. The standard InChI is InChI=1S/C15H23NO2/c1-12(2)8-10-15(16,14(17)18)11-9-13-6-4-3-5-7-13/h3-7,12H,8-11,16H2,1-2H3,(H,17,18)/t15-/m1/s1. The van der Waals surface area contributed by atoms with E-state index in [9.17, 15) is 9.90 Å². The summed E-state index contributed by atoms with van der Waals surface area (Å²) in [6.45, 7) is 4.17. The molecule has 0 heterocycles. The second-order valence-corrected chi connectivity index (χ2v) is 5.38. The van der Waals surface area contributed by atoms with E-state index in [0.717, 1.165) is 12.0 Å². The van der Waals surface area contributed by atoms with Crippen LogP contribution < -0.4 is 5.73 Å². The Balaban J connectivity index is 2.60. The zero-order chi connectivity index (χ0) is 13.6. The first-order valence-electron chi connectivity index (χ1n) is 6.50. The van der Waals surface area contributed by atoms with Crippen molar-refractivity contribution in [2.24, 2.45) is 11.7 Å². The minimum atomic E-state index is -1.10. The molecule has 1 rings (SSSR count). The van der Waals surface area contributed by atoms with Crippen LogP contribution in [0.5, 0.6) is 0 Å². The first-order valence-corrected chi connectivity index (χ1v) is 6.50. The van der Waals surface area contributed by atoms with Gasteiger partial charge in [-0.2, -0.15) is 0 Å². The van der Waals surface area contributed by atoms with Gasteiger partial charge in [0.25, 0.3) is 0 Å². The van der Waals surface area contributed by atoms with Crippen LogP contribution in [0.15, 0.2) is 30.3 Å². The molecule has 0 bridgehead atoms. The van der Waals surface area contributed by atoms with Gasteiger partial charge in [-0.1, -0.05) is 44.2 Å². The van der Waals surface area contributed by atoms with Crippen LogP contribution in [0.4, 0.5) is 0 Å². The summed E-state index contributed by atoms with van der Waals surface area (Å²) in [5.41, 5.74) is 6.08. The number of aryl methyl sites for hydroxylation is 1. The van der Waals surface area contributed by atoms with Crippen molar-refractivity contribution in [1.82, 2.24) is 0 Å². The first-order chi connectivity index (χ1) is 8.44. The minimum absolute atomic E-state index is 0.476. The average molecular weight is 249 g/mol. The highest BCUT2D eigenvalue weighted by atomic mass is 16.4. The lowest BCUT2D eigenvalue weighted by atomic mass is 9.86. The SMILES string of the molecule is CC(C)CC[C@@](N)(CCc1ccccc1)C(=O)O. The Morgan fingerprint density at radius 2 is 1.89 bits per heavy atom. The highest BCUT2D eigenvalue weighted by molar-refractivity contribution is 5.78. The lowest BCUT2D eigenvalue weighted by Gasteiger charge is -2.25. The molecule has 3 heteroatoms. The van der Waals surface area contributed by atoms with Gasteiger partial charge in [0.15, 0.2) is 0 Å². The fourth-order valence-electron chi connectivity index (χ4n) is 1.90. The van der Waals surface area contributed by atoms with Gasteiger partial charge in [0.1, 0.15) is 5.54 Å². The Morgan fingerprint density at radius 1 is 1.28 bits per heavy atom. The molecule has 18 heavy (non-hydrogen) atoms. The van der Waals surface area contributed by atoms with Gasteiger partial charge in [0.05, 0.1) is 0 Å². The highest BCUT2D eigenvalue weighted by Gasteiger charge is 2.33. The first kappa shape index (κ1) is 14.7. The largest absolute Gasteiger partial charge is 0.480 e. The molecule has 0 amide bonds. The molecule has 1 aromatic carbocycles. The fourth-order valence-corrected chi connectivity index (χ4v) is 1.90. The lowest BCUT2D eigenvalue weighted by molar-refractivity contribution is -0.144. The van der Waals surface area contributed by atoms with Crippen LogP contribution in [0.25, 0.3) is 0 Å². The van der Waals surface area contributed by atoms with E-state index in [2.05, 4.69) is 13.8 Å². The van der Waals surface area contributed by atoms with E-state index in [4.69, 9.17) is 5.73 Å². The molecule has 0 aliphatic rings. The van der Waals surface area contributed by atoms with Crippen LogP contribution in [-0.4, -0.2) is 16.6 Å². The molecule has 0 saturated heterocycles. The van der Waals surface area contributed by atoms with Gasteiger partial charge in [0.2, 0.25) is 0 Å². The van der Waals surface area contributed by atoms with Crippen molar-refractivity contribution < 1.29 is 9.90 Å². The number of carbonyl (C=O) groups is 1. The Morgan fingerprint density at radius 3 is 2.39 bits per heavy atom. The van der Waals surface area contributed by atoms with Crippen LogP contribution >= 0.6 is 0 Å². The van der Waals surface area contributed by atoms with Gasteiger partial charge in [0, 0.05) is 0 Å². The molecule has 0 radical (unpaired) electrons. The van der Waals surface area contributed by atoms with Crippen molar-refractivity contribution in [3.05, 3.63) is 35.9 Å². The summed E-state index contributed by atoms with van der Waals surface area (Å²) >= 11 is 0. The monoisotopic (exact) mass is 249 g/mol. The Labute approximate surface area is 109 Å². The Bertz CT molecular complexity index is 375. The van der Waals surface area contributed by atoms with Gasteiger partial charge in [-0.05, 0) is 37.2 Å². The zero-order valence-corrected chi connectivity index (χ0v) is 11.2. The smallest absolute Gasteiger partial charge is 0.323 e. The van der Waals surface area contributed by atoms with E-state index in [0.29, 0.717) is 25.2 Å². The Hall–Kier alpha value is -1.35. The molecule has 0 aromatic heterocycles. The Kier molecular flexibility index (Phi) is 5.35. The van der Waals surface area contributed by atoms with Gasteiger partial charge in [-0.25, -0.2) is 0 Å². The number of hydrogen-bond acceptors (Lipinski definition) is 2. The normalized spacial score (nSPS) is 14.4. The van der Waals surface area contributed by atoms with E-state index in [1.807, 2.05) is 30.3 Å². The van der Waals surface area contributed by atoms with Gasteiger partial charge >= 0.3 is 5.97 Å². The molecule has 0 saturated carbocycles. The summed E-state index contributed by atoms with van der Waals surface area (Å²) in [4.78, 5) is 11.3. The van der Waals surface area contributed by atoms with Crippen LogP contribution in [0.2, 0.25) is 0 Å². The molecule has 0 aliphatic carbocycles. The maximum absolute atomic E-state index is 11.3. The van der Waals surface area contributed by atoms with Crippen LogP contribution in [-0.2, 0) is 11.2 Å². The molecule has 0 aliphatic heterocycles. The number of carboxylic acids is 1. The van der Waals surface area contributed by atoms with Crippen molar-refractivity contribution in [1.29, 1.82) is 0 Å². The van der Waals surface area contributed by atoms with E-state index in [1.54, 1.807) is 0 Å². The number of nitrogens with two attached hydrogens (primary N) is 1. The number of hydrogen-bond donors (Lipinski definition) is 2. The minimum Gasteiger partial charge on any atom is -0.480 e. The second kappa shape index (κ2) is 6.55. The van der Waals surface area contributed by atoms with Crippen molar-refractivity contribution in [3.63, 3.8) is 0 Å². The topological polar surface area (TPSA) is 63.3 Å². The quantitative estimate of drug-likeness (QED) is 0.781. The number of carboxylic acid groups (broad SMARTS) is 1. The predicted molar refractivity (Wildman–Crippen MR) is 73.4 cm³/mol. The summed E-state index contributed by atoms with van der Waals surface area (Å²) in [7, 11) is 0. The third-order valence-electron chi connectivity index (χ3n) is 3.30. The van der Waals surface area contributed by atoms with E-state index in [-0.39, 0.29) is 0 Å². The summed E-state index contributed by atoms with van der Waals surface area (Å²) < 4.78 is 0. The van der Waals surface area contributed by atoms with Gasteiger partial charge in [-0.15, -0.1) is 0 Å². The molecule has 1 aromatic rings. The fraction of sp³-hybridized carbons (Fsp3) is 0.533. The molecular formula is C15H23NO2. The van der Waals surface area contributed by atoms with Crippen molar-refractivity contribution in [3.8, 4) is 0 Å². The van der Waals surface area contributed by atoms with E-state index < -0.39 is 11.5 Å². The van der Waals surface area contributed by atoms with Crippen LogP contribution in [0, 0.1) is 5.92 Å². The summed E-state index contributed by atoms with van der Waals surface area (Å²) in [6.07, 6.45) is 2.57. The van der Waals surface area contributed by atoms with Crippen molar-refractivity contribution >= 4 is 5.97 Å². The maximum atomic E-state index is 11.3. The highest BCUT2D eigenvalue weighted by Crippen LogP contribution is 2.20. The number of benzene rings is 1. The molecule has 3 nitrogen and oxygen atoms in total. The third kappa shape index (κ3) is 4.49. The van der Waals surface area contributed by atoms with Crippen molar-refractivity contribution in [2.45, 2.75) is 45.1 Å². The molecule has 0 spiro atoms. The molecule has 0 unspecified atom stereocenters. The van der Waals surface area contributed by atoms with E-state index in [1.165, 1.54) is 0 Å². The molecular weight excluding hydrogens is 226 g/mol. The summed E-state index contributed by atoms with van der Waals surface area (Å²) in [6, 6.07) is 9.88. The van der Waals surface area contributed by atoms with Gasteiger partial charge in [-0.3, -0.25) is 4.79 Å².